The maximum absolute atomic E-state index is 13.7. The summed E-state index contributed by atoms with van der Waals surface area (Å²) in [5, 5.41) is 23.5. The van der Waals surface area contributed by atoms with Crippen molar-refractivity contribution in [2.75, 3.05) is 19.6 Å². The van der Waals surface area contributed by atoms with Crippen molar-refractivity contribution in [2.24, 2.45) is 5.92 Å². The van der Waals surface area contributed by atoms with Crippen LogP contribution in [0, 0.1) is 17.8 Å². The fourth-order valence-electron chi connectivity index (χ4n) is 8.01. The van der Waals surface area contributed by atoms with E-state index in [-0.39, 0.29) is 17.7 Å². The number of ether oxygens (including phenoxy) is 1. The van der Waals surface area contributed by atoms with Crippen LogP contribution in [0.4, 0.5) is 13.2 Å². The quantitative estimate of drug-likeness (QED) is 0.398. The van der Waals surface area contributed by atoms with Crippen molar-refractivity contribution in [1.82, 2.24) is 9.80 Å². The lowest BCUT2D eigenvalue weighted by Gasteiger charge is -2.64. The number of aromatic hydroxyl groups is 1. The molecule has 2 aromatic rings. The zero-order valence-electron chi connectivity index (χ0n) is 23.7. The van der Waals surface area contributed by atoms with E-state index in [1.54, 1.807) is 11.0 Å². The zero-order chi connectivity index (χ0) is 30.0. The molecule has 2 N–H and O–H groups in total. The van der Waals surface area contributed by atoms with Gasteiger partial charge in [-0.1, -0.05) is 31.9 Å². The third kappa shape index (κ3) is 4.22. The number of hydrogen-bond acceptors (Lipinski definition) is 5. The highest BCUT2D eigenvalue weighted by molar-refractivity contribution is 5.94. The molecule has 4 aliphatic rings. The lowest BCUT2D eigenvalue weighted by molar-refractivity contribution is -0.199. The number of carbonyl (C=O) groups is 1. The molecule has 9 heteroatoms. The summed E-state index contributed by atoms with van der Waals surface area (Å²) in [5.74, 6) is 5.48. The Labute approximate surface area is 243 Å². The minimum atomic E-state index is -4.45. The molecule has 2 bridgehead atoms. The fraction of sp³-hybridized carbons (Fsp3) is 0.485. The summed E-state index contributed by atoms with van der Waals surface area (Å²) in [6.45, 7) is 9.67. The van der Waals surface area contributed by atoms with Crippen LogP contribution in [0.2, 0.25) is 0 Å². The van der Waals surface area contributed by atoms with Gasteiger partial charge in [0.15, 0.2) is 11.5 Å². The first kappa shape index (κ1) is 28.6. The maximum Gasteiger partial charge on any atom is 0.416 e. The topological polar surface area (TPSA) is 73.2 Å². The standard InChI is InChI=1S/C33H35F3N2O4/c1-4-16-37-17-15-31-28-22-8-11-25(39)29(28)42-30(31)24(13-14-32(31,41)26(37)18-22)38(19-20(2)3)27(40)12-7-21-5-9-23(10-6-21)33(34,35)36/h4-6,8-11,20,24,26,30,39,41H,1,13-19H2,2-3H3/t24-,26-,30+,31+,32-/m1/s1. The number of carbonyl (C=O) groups excluding carboxylic acids is 1. The van der Waals surface area contributed by atoms with Crippen molar-refractivity contribution in [1.29, 1.82) is 0 Å². The van der Waals surface area contributed by atoms with E-state index in [2.05, 4.69) is 23.3 Å². The van der Waals surface area contributed by atoms with Crippen molar-refractivity contribution in [3.8, 4) is 23.3 Å². The molecule has 2 heterocycles. The number of phenols is 1. The summed E-state index contributed by atoms with van der Waals surface area (Å²) in [4.78, 5) is 17.7. The van der Waals surface area contributed by atoms with Gasteiger partial charge in [0.2, 0.25) is 0 Å². The number of aliphatic hydroxyl groups is 1. The highest BCUT2D eigenvalue weighted by atomic mass is 19.4. The lowest BCUT2D eigenvalue weighted by Crippen LogP contribution is -2.78. The molecule has 1 amide bonds. The van der Waals surface area contributed by atoms with E-state index in [0.717, 1.165) is 23.3 Å². The number of likely N-dealkylation sites (tertiary alicyclic amines) is 1. The second-order valence-corrected chi connectivity index (χ2v) is 12.4. The van der Waals surface area contributed by atoms with Crippen LogP contribution >= 0.6 is 0 Å². The second-order valence-electron chi connectivity index (χ2n) is 12.4. The van der Waals surface area contributed by atoms with Gasteiger partial charge >= 0.3 is 6.18 Å². The van der Waals surface area contributed by atoms with E-state index < -0.39 is 40.8 Å². The van der Waals surface area contributed by atoms with E-state index in [4.69, 9.17) is 4.74 Å². The largest absolute Gasteiger partial charge is 0.504 e. The van der Waals surface area contributed by atoms with Crippen molar-refractivity contribution >= 4 is 5.91 Å². The van der Waals surface area contributed by atoms with Crippen LogP contribution in [0.1, 0.15) is 55.4 Å². The predicted molar refractivity (Wildman–Crippen MR) is 151 cm³/mol. The van der Waals surface area contributed by atoms with Crippen LogP contribution in [0.25, 0.3) is 0 Å². The van der Waals surface area contributed by atoms with Crippen LogP contribution in [0.15, 0.2) is 49.1 Å². The van der Waals surface area contributed by atoms with Crippen LogP contribution in [0.3, 0.4) is 0 Å². The van der Waals surface area contributed by atoms with E-state index in [1.807, 2.05) is 26.0 Å². The van der Waals surface area contributed by atoms with Gasteiger partial charge in [0, 0.05) is 36.2 Å². The van der Waals surface area contributed by atoms with Crippen LogP contribution in [-0.4, -0.2) is 69.3 Å². The number of piperidine rings is 1. The van der Waals surface area contributed by atoms with Gasteiger partial charge < -0.3 is 19.8 Å². The molecule has 0 unspecified atom stereocenters. The molecular weight excluding hydrogens is 545 g/mol. The number of amides is 1. The minimum Gasteiger partial charge on any atom is -0.504 e. The number of halogens is 3. The van der Waals surface area contributed by atoms with Crippen molar-refractivity contribution in [3.05, 3.63) is 71.3 Å². The molecule has 42 heavy (non-hydrogen) atoms. The maximum atomic E-state index is 13.7. The number of alkyl halides is 3. The van der Waals surface area contributed by atoms with Gasteiger partial charge in [-0.15, -0.1) is 6.58 Å². The summed E-state index contributed by atoms with van der Waals surface area (Å²) in [5.41, 5.74) is -0.502. The van der Waals surface area contributed by atoms with E-state index in [9.17, 15) is 28.2 Å². The first-order valence-electron chi connectivity index (χ1n) is 14.5. The predicted octanol–water partition coefficient (Wildman–Crippen LogP) is 4.66. The first-order chi connectivity index (χ1) is 19.9. The Morgan fingerprint density at radius 1 is 1.24 bits per heavy atom. The highest BCUT2D eigenvalue weighted by Gasteiger charge is 2.73. The molecule has 6 rings (SSSR count). The van der Waals surface area contributed by atoms with Crippen molar-refractivity contribution in [2.45, 2.75) is 74.9 Å². The number of nitrogens with zero attached hydrogens (tertiary/aromatic N) is 2. The molecule has 2 aromatic carbocycles. The smallest absolute Gasteiger partial charge is 0.416 e. The zero-order valence-corrected chi connectivity index (χ0v) is 23.7. The van der Waals surface area contributed by atoms with Crippen molar-refractivity contribution < 1.29 is 32.9 Å². The Hall–Kier alpha value is -3.48. The summed E-state index contributed by atoms with van der Waals surface area (Å²) in [6, 6.07) is 7.40. The summed E-state index contributed by atoms with van der Waals surface area (Å²) in [7, 11) is 0. The Bertz CT molecular complexity index is 1480. The van der Waals surface area contributed by atoms with Crippen LogP contribution < -0.4 is 4.74 Å². The Morgan fingerprint density at radius 2 is 1.98 bits per heavy atom. The number of rotatable bonds is 5. The van der Waals surface area contributed by atoms with Crippen LogP contribution in [-0.2, 0) is 22.8 Å². The fourth-order valence-corrected chi connectivity index (χ4v) is 8.01. The van der Waals surface area contributed by atoms with Gasteiger partial charge in [-0.2, -0.15) is 13.2 Å². The highest BCUT2D eigenvalue weighted by Crippen LogP contribution is 2.65. The molecule has 2 fully saturated rings. The molecule has 0 aromatic heterocycles. The monoisotopic (exact) mass is 580 g/mol. The average molecular weight is 581 g/mol. The second kappa shape index (κ2) is 10.1. The summed E-state index contributed by atoms with van der Waals surface area (Å²) < 4.78 is 45.5. The van der Waals surface area contributed by atoms with Crippen molar-refractivity contribution in [3.63, 3.8) is 0 Å². The molecule has 6 nitrogen and oxygen atoms in total. The van der Waals surface area contributed by atoms with E-state index >= 15 is 0 Å². The molecule has 1 saturated carbocycles. The minimum absolute atomic E-state index is 0.0226. The molecular formula is C33H35F3N2O4. The van der Waals surface area contributed by atoms with Gasteiger partial charge in [-0.3, -0.25) is 9.69 Å². The molecule has 5 atom stereocenters. The molecule has 0 radical (unpaired) electrons. The van der Waals surface area contributed by atoms with E-state index in [1.165, 1.54) is 12.1 Å². The average Bonchev–Trinajstić information content (AvgIpc) is 3.29. The van der Waals surface area contributed by atoms with Gasteiger partial charge in [0.25, 0.3) is 5.91 Å². The molecule has 1 spiro atoms. The Kier molecular flexibility index (Phi) is 6.86. The summed E-state index contributed by atoms with van der Waals surface area (Å²) in [6.07, 6.45) is -1.05. The van der Waals surface area contributed by atoms with Gasteiger partial charge in [0.1, 0.15) is 6.10 Å². The normalized spacial score (nSPS) is 29.3. The van der Waals surface area contributed by atoms with Gasteiger partial charge in [-0.25, -0.2) is 0 Å². The third-order valence-corrected chi connectivity index (χ3v) is 9.65. The number of hydrogen-bond donors (Lipinski definition) is 2. The molecule has 222 valence electrons. The SMILES string of the molecule is C=CCN1CC[C@]23c4c5ccc(O)c4O[C@H]2[C@H](N(CC(C)C)C(=O)C#Cc2ccc(C(F)(F)F)cc2)CC[C@@]3(O)[C@H]1C5. The summed E-state index contributed by atoms with van der Waals surface area (Å²) >= 11 is 0. The number of benzene rings is 2. The molecule has 1 saturated heterocycles. The first-order valence-corrected chi connectivity index (χ1v) is 14.5. The number of phenolic OH excluding ortho intramolecular Hbond substituents is 1. The Balaban J connectivity index is 1.38. The van der Waals surface area contributed by atoms with Gasteiger partial charge in [-0.05, 0) is 74.0 Å². The van der Waals surface area contributed by atoms with Crippen LogP contribution in [0.5, 0.6) is 11.5 Å². The molecule has 2 aliphatic heterocycles. The van der Waals surface area contributed by atoms with E-state index in [0.29, 0.717) is 56.6 Å². The Morgan fingerprint density at radius 3 is 2.64 bits per heavy atom. The van der Waals surface area contributed by atoms with Gasteiger partial charge in [0.05, 0.1) is 22.6 Å². The molecule has 2 aliphatic carbocycles. The lowest BCUT2D eigenvalue weighted by atomic mass is 9.48. The third-order valence-electron chi connectivity index (χ3n) is 9.65.